The molecule has 1 aliphatic heterocycles. The van der Waals surface area contributed by atoms with Crippen molar-refractivity contribution in [2.45, 2.75) is 23.6 Å². The summed E-state index contributed by atoms with van der Waals surface area (Å²) in [6.45, 7) is 2.25. The Bertz CT molecular complexity index is 812. The summed E-state index contributed by atoms with van der Waals surface area (Å²) < 4.78 is 29.5. The molecular weight excluding hydrogens is 428 g/mol. The topological polar surface area (TPSA) is 75.5 Å². The van der Waals surface area contributed by atoms with Crippen LogP contribution in [-0.4, -0.2) is 59.5 Å². The molecule has 1 saturated heterocycles. The van der Waals surface area contributed by atoms with Crippen molar-refractivity contribution in [3.05, 3.63) is 34.4 Å². The standard InChI is InChI=1S/C15H19BrN4O3S2/c16-13-4-5-15(24-13)25(22,23)20-11-9-18(10-12-20)14(21)3-1-7-19-8-2-6-17-19/h2,4-6,8H,1,3,7,9-12H2. The lowest BCUT2D eigenvalue weighted by atomic mass is 10.2. The Morgan fingerprint density at radius 3 is 2.60 bits per heavy atom. The van der Waals surface area contributed by atoms with Crippen molar-refractivity contribution in [1.82, 2.24) is 19.0 Å². The summed E-state index contributed by atoms with van der Waals surface area (Å²) in [6, 6.07) is 5.20. The van der Waals surface area contributed by atoms with Gasteiger partial charge in [-0.3, -0.25) is 9.48 Å². The number of hydrogen-bond donors (Lipinski definition) is 0. The maximum absolute atomic E-state index is 12.6. The van der Waals surface area contributed by atoms with Gasteiger partial charge >= 0.3 is 0 Å². The predicted octanol–water partition coefficient (Wildman–Crippen LogP) is 2.02. The molecule has 2 aromatic heterocycles. The molecule has 3 heterocycles. The Morgan fingerprint density at radius 1 is 1.24 bits per heavy atom. The van der Waals surface area contributed by atoms with E-state index in [0.29, 0.717) is 43.4 Å². The van der Waals surface area contributed by atoms with Gasteiger partial charge in [-0.05, 0) is 40.5 Å². The maximum Gasteiger partial charge on any atom is 0.252 e. The van der Waals surface area contributed by atoms with E-state index in [2.05, 4.69) is 21.0 Å². The van der Waals surface area contributed by atoms with E-state index in [0.717, 1.165) is 10.2 Å². The van der Waals surface area contributed by atoms with Crippen LogP contribution >= 0.6 is 27.3 Å². The van der Waals surface area contributed by atoms with Gasteiger partial charge in [-0.1, -0.05) is 0 Å². The molecule has 7 nitrogen and oxygen atoms in total. The van der Waals surface area contributed by atoms with Crippen molar-refractivity contribution in [3.8, 4) is 0 Å². The third-order valence-electron chi connectivity index (χ3n) is 4.07. The van der Waals surface area contributed by atoms with Crippen LogP contribution in [0.3, 0.4) is 0 Å². The van der Waals surface area contributed by atoms with Crippen LogP contribution in [0.5, 0.6) is 0 Å². The summed E-state index contributed by atoms with van der Waals surface area (Å²) in [4.78, 5) is 14.0. The van der Waals surface area contributed by atoms with Gasteiger partial charge in [0.05, 0.1) is 3.79 Å². The zero-order valence-electron chi connectivity index (χ0n) is 13.5. The first-order chi connectivity index (χ1) is 12.0. The minimum Gasteiger partial charge on any atom is -0.340 e. The van der Waals surface area contributed by atoms with Gasteiger partial charge in [-0.2, -0.15) is 9.40 Å². The summed E-state index contributed by atoms with van der Waals surface area (Å²) in [5, 5.41) is 4.11. The highest BCUT2D eigenvalue weighted by atomic mass is 79.9. The molecule has 1 aliphatic rings. The highest BCUT2D eigenvalue weighted by Crippen LogP contribution is 2.29. The number of piperazine rings is 1. The molecule has 0 radical (unpaired) electrons. The number of halogens is 1. The molecule has 1 fully saturated rings. The van der Waals surface area contributed by atoms with Gasteiger partial charge in [0, 0.05) is 51.5 Å². The third-order valence-corrected chi connectivity index (χ3v) is 8.06. The first-order valence-corrected chi connectivity index (χ1v) is 11.0. The van der Waals surface area contributed by atoms with Crippen molar-refractivity contribution in [3.63, 3.8) is 0 Å². The van der Waals surface area contributed by atoms with Crippen molar-refractivity contribution in [1.29, 1.82) is 0 Å². The van der Waals surface area contributed by atoms with E-state index in [9.17, 15) is 13.2 Å². The van der Waals surface area contributed by atoms with Crippen molar-refractivity contribution < 1.29 is 13.2 Å². The van der Waals surface area contributed by atoms with E-state index in [1.807, 2.05) is 12.3 Å². The number of thiophene rings is 1. The molecular formula is C15H19BrN4O3S2. The second kappa shape index (κ2) is 7.98. The number of hydrogen-bond acceptors (Lipinski definition) is 5. The van der Waals surface area contributed by atoms with E-state index in [1.165, 1.54) is 15.6 Å². The number of amides is 1. The molecule has 3 rings (SSSR count). The highest BCUT2D eigenvalue weighted by Gasteiger charge is 2.30. The number of aromatic nitrogens is 2. The van der Waals surface area contributed by atoms with Crippen LogP contribution in [0.1, 0.15) is 12.8 Å². The van der Waals surface area contributed by atoms with Crippen LogP contribution in [0.25, 0.3) is 0 Å². The number of aryl methyl sites for hydroxylation is 1. The van der Waals surface area contributed by atoms with Crippen LogP contribution in [0.4, 0.5) is 0 Å². The Labute approximate surface area is 159 Å². The SMILES string of the molecule is O=C(CCCn1cccn1)N1CCN(S(=O)(=O)c2ccc(Br)s2)CC1. The summed E-state index contributed by atoms with van der Waals surface area (Å²) in [5.41, 5.74) is 0. The number of carbonyl (C=O) groups excluding carboxylic acids is 1. The molecule has 0 aliphatic carbocycles. The zero-order valence-corrected chi connectivity index (χ0v) is 16.8. The van der Waals surface area contributed by atoms with Crippen molar-refractivity contribution in [2.24, 2.45) is 0 Å². The van der Waals surface area contributed by atoms with Crippen LogP contribution in [0, 0.1) is 0 Å². The first-order valence-electron chi connectivity index (χ1n) is 7.97. The summed E-state index contributed by atoms with van der Waals surface area (Å²) in [5.74, 6) is 0.0723. The van der Waals surface area contributed by atoms with E-state index < -0.39 is 10.0 Å². The van der Waals surface area contributed by atoms with Crippen molar-refractivity contribution >= 4 is 43.2 Å². The van der Waals surface area contributed by atoms with Gasteiger partial charge in [-0.15, -0.1) is 11.3 Å². The second-order valence-corrected chi connectivity index (χ2v) is 10.3. The van der Waals surface area contributed by atoms with E-state index in [-0.39, 0.29) is 5.91 Å². The van der Waals surface area contributed by atoms with Gasteiger partial charge in [0.15, 0.2) is 0 Å². The van der Waals surface area contributed by atoms with Crippen LogP contribution in [-0.2, 0) is 21.4 Å². The highest BCUT2D eigenvalue weighted by molar-refractivity contribution is 9.11. The molecule has 0 N–H and O–H groups in total. The molecule has 0 bridgehead atoms. The fraction of sp³-hybridized carbons (Fsp3) is 0.467. The van der Waals surface area contributed by atoms with Gasteiger partial charge < -0.3 is 4.90 Å². The van der Waals surface area contributed by atoms with E-state index >= 15 is 0 Å². The normalized spacial score (nSPS) is 16.3. The quantitative estimate of drug-likeness (QED) is 0.679. The summed E-state index contributed by atoms with van der Waals surface area (Å²) >= 11 is 4.50. The number of rotatable bonds is 6. The Morgan fingerprint density at radius 2 is 2.00 bits per heavy atom. The fourth-order valence-electron chi connectivity index (χ4n) is 2.72. The molecule has 25 heavy (non-hydrogen) atoms. The minimum absolute atomic E-state index is 0.0723. The lowest BCUT2D eigenvalue weighted by molar-refractivity contribution is -0.132. The number of sulfonamides is 1. The Hall–Kier alpha value is -1.23. The Kier molecular flexibility index (Phi) is 5.92. The smallest absolute Gasteiger partial charge is 0.252 e. The fourth-order valence-corrected chi connectivity index (χ4v) is 6.31. The molecule has 10 heteroatoms. The van der Waals surface area contributed by atoms with Gasteiger partial charge in [0.25, 0.3) is 10.0 Å². The molecule has 0 saturated carbocycles. The monoisotopic (exact) mass is 446 g/mol. The van der Waals surface area contributed by atoms with Gasteiger partial charge in [0.1, 0.15) is 4.21 Å². The Balaban J connectivity index is 1.48. The molecule has 0 aromatic carbocycles. The third kappa shape index (κ3) is 4.49. The average Bonchev–Trinajstić information content (AvgIpc) is 3.27. The van der Waals surface area contributed by atoms with E-state index in [1.54, 1.807) is 27.9 Å². The molecule has 0 unspecified atom stereocenters. The molecule has 0 spiro atoms. The largest absolute Gasteiger partial charge is 0.340 e. The lowest BCUT2D eigenvalue weighted by Crippen LogP contribution is -2.50. The number of carbonyl (C=O) groups is 1. The summed E-state index contributed by atoms with van der Waals surface area (Å²) in [7, 11) is -3.46. The van der Waals surface area contributed by atoms with E-state index in [4.69, 9.17) is 0 Å². The molecule has 2 aromatic rings. The van der Waals surface area contributed by atoms with Gasteiger partial charge in [0.2, 0.25) is 5.91 Å². The summed E-state index contributed by atoms with van der Waals surface area (Å²) in [6.07, 6.45) is 4.76. The zero-order chi connectivity index (χ0) is 17.9. The van der Waals surface area contributed by atoms with Crippen LogP contribution < -0.4 is 0 Å². The van der Waals surface area contributed by atoms with Crippen LogP contribution in [0.2, 0.25) is 0 Å². The lowest BCUT2D eigenvalue weighted by Gasteiger charge is -2.33. The minimum atomic E-state index is -3.46. The van der Waals surface area contributed by atoms with Crippen LogP contribution in [0.15, 0.2) is 38.6 Å². The first kappa shape index (κ1) is 18.6. The van der Waals surface area contributed by atoms with Crippen molar-refractivity contribution in [2.75, 3.05) is 26.2 Å². The molecule has 1 amide bonds. The van der Waals surface area contributed by atoms with Gasteiger partial charge in [-0.25, -0.2) is 8.42 Å². The average molecular weight is 447 g/mol. The number of nitrogens with zero attached hydrogens (tertiary/aromatic N) is 4. The second-order valence-electron chi connectivity index (χ2n) is 5.72. The molecule has 136 valence electrons. The predicted molar refractivity (Wildman–Crippen MR) is 98.8 cm³/mol. The molecule has 0 atom stereocenters. The maximum atomic E-state index is 12.6.